The molecule has 3 aromatic rings. The third-order valence-corrected chi connectivity index (χ3v) is 6.31. The smallest absolute Gasteiger partial charge is 0.259 e. The van der Waals surface area contributed by atoms with Gasteiger partial charge in [-0.1, -0.05) is 23.7 Å². The number of hydrogen-bond acceptors (Lipinski definition) is 4. The molecule has 0 aliphatic rings. The summed E-state index contributed by atoms with van der Waals surface area (Å²) in [6.45, 7) is 6.00. The van der Waals surface area contributed by atoms with Crippen LogP contribution in [0, 0.1) is 13.8 Å². The molecule has 114 valence electrons. The highest BCUT2D eigenvalue weighted by molar-refractivity contribution is 7.99. The average molecular weight is 351 g/mol. The number of benzene rings is 1. The van der Waals surface area contributed by atoms with Crippen molar-refractivity contribution >= 4 is 44.9 Å². The first-order chi connectivity index (χ1) is 10.5. The van der Waals surface area contributed by atoms with E-state index in [0.717, 1.165) is 20.2 Å². The molecule has 2 aromatic heterocycles. The summed E-state index contributed by atoms with van der Waals surface area (Å²) in [6.07, 6.45) is 0. The molecule has 0 bridgehead atoms. The third kappa shape index (κ3) is 2.81. The number of nitrogens with one attached hydrogen (secondary N) is 1. The number of aromatic nitrogens is 2. The molecule has 1 aromatic carbocycles. The summed E-state index contributed by atoms with van der Waals surface area (Å²) in [7, 11) is 0. The molecule has 1 atom stereocenters. The first kappa shape index (κ1) is 15.6. The molecule has 0 aliphatic carbocycles. The van der Waals surface area contributed by atoms with Gasteiger partial charge >= 0.3 is 0 Å². The van der Waals surface area contributed by atoms with Gasteiger partial charge in [0.25, 0.3) is 5.56 Å². The maximum Gasteiger partial charge on any atom is 0.259 e. The van der Waals surface area contributed by atoms with Gasteiger partial charge in [0, 0.05) is 9.77 Å². The Morgan fingerprint density at radius 1 is 1.32 bits per heavy atom. The molecular weight excluding hydrogens is 336 g/mol. The van der Waals surface area contributed by atoms with Gasteiger partial charge in [-0.05, 0) is 38.5 Å². The van der Waals surface area contributed by atoms with Crippen LogP contribution < -0.4 is 5.56 Å². The minimum absolute atomic E-state index is 0.0136. The molecule has 0 radical (unpaired) electrons. The lowest BCUT2D eigenvalue weighted by Crippen LogP contribution is -2.12. The van der Waals surface area contributed by atoms with Gasteiger partial charge in [0.15, 0.2) is 0 Å². The molecule has 0 saturated heterocycles. The van der Waals surface area contributed by atoms with Crippen molar-refractivity contribution in [3.8, 4) is 0 Å². The quantitative estimate of drug-likeness (QED) is 0.668. The van der Waals surface area contributed by atoms with Gasteiger partial charge in [-0.25, -0.2) is 4.98 Å². The van der Waals surface area contributed by atoms with Gasteiger partial charge in [-0.3, -0.25) is 4.79 Å². The fourth-order valence-electron chi connectivity index (χ4n) is 2.25. The number of rotatable bonds is 3. The highest BCUT2D eigenvalue weighted by Crippen LogP contribution is 2.37. The van der Waals surface area contributed by atoms with E-state index in [9.17, 15) is 4.79 Å². The van der Waals surface area contributed by atoms with Crippen molar-refractivity contribution in [3.63, 3.8) is 0 Å². The number of H-pyrrole nitrogens is 1. The maximum absolute atomic E-state index is 12.3. The van der Waals surface area contributed by atoms with Crippen molar-refractivity contribution in [2.45, 2.75) is 30.9 Å². The lowest BCUT2D eigenvalue weighted by atomic mass is 10.2. The predicted octanol–water partition coefficient (Wildman–Crippen LogP) is 5.11. The van der Waals surface area contributed by atoms with E-state index in [-0.39, 0.29) is 10.8 Å². The summed E-state index contributed by atoms with van der Waals surface area (Å²) in [5.74, 6) is 0.684. The number of nitrogens with zero attached hydrogens (tertiary/aromatic N) is 1. The number of hydrogen-bond donors (Lipinski definition) is 1. The first-order valence-corrected chi connectivity index (χ1v) is 8.96. The van der Waals surface area contributed by atoms with Crippen LogP contribution in [0.25, 0.3) is 10.2 Å². The molecule has 6 heteroatoms. The molecule has 1 N–H and O–H groups in total. The largest absolute Gasteiger partial charge is 0.309 e. The van der Waals surface area contributed by atoms with Crippen molar-refractivity contribution in [1.29, 1.82) is 0 Å². The van der Waals surface area contributed by atoms with Crippen LogP contribution in [-0.2, 0) is 0 Å². The first-order valence-electron chi connectivity index (χ1n) is 6.88. The van der Waals surface area contributed by atoms with Crippen LogP contribution >= 0.6 is 34.7 Å². The SMILES string of the molecule is Cc1sc2nc([C@@H](C)Sc3ccccc3Cl)[nH]c(=O)c2c1C. The van der Waals surface area contributed by atoms with Gasteiger partial charge < -0.3 is 4.98 Å². The van der Waals surface area contributed by atoms with Gasteiger partial charge in [-0.2, -0.15) is 0 Å². The molecular formula is C16H15ClN2OS2. The number of aryl methyl sites for hydroxylation is 2. The highest BCUT2D eigenvalue weighted by Gasteiger charge is 2.16. The van der Waals surface area contributed by atoms with Crippen molar-refractivity contribution in [2.24, 2.45) is 0 Å². The second-order valence-electron chi connectivity index (χ2n) is 5.11. The maximum atomic E-state index is 12.3. The summed E-state index contributed by atoms with van der Waals surface area (Å²) < 4.78 is 0. The molecule has 0 fully saturated rings. The molecule has 22 heavy (non-hydrogen) atoms. The molecule has 0 amide bonds. The van der Waals surface area contributed by atoms with Crippen molar-refractivity contribution in [1.82, 2.24) is 9.97 Å². The molecule has 0 aliphatic heterocycles. The van der Waals surface area contributed by atoms with Crippen LogP contribution in [0.15, 0.2) is 34.0 Å². The normalized spacial score (nSPS) is 12.7. The Bertz CT molecular complexity index is 901. The molecule has 0 unspecified atom stereocenters. The number of thioether (sulfide) groups is 1. The number of halogens is 1. The number of thiophene rings is 1. The summed E-state index contributed by atoms with van der Waals surface area (Å²) in [5.41, 5.74) is 0.958. The fraction of sp³-hybridized carbons (Fsp3) is 0.250. The van der Waals surface area contributed by atoms with Crippen LogP contribution in [0.2, 0.25) is 5.02 Å². The third-order valence-electron chi connectivity index (χ3n) is 3.58. The molecule has 0 saturated carbocycles. The van der Waals surface area contributed by atoms with Crippen molar-refractivity contribution in [2.75, 3.05) is 0 Å². The minimum atomic E-state index is -0.0616. The Morgan fingerprint density at radius 3 is 2.77 bits per heavy atom. The van der Waals surface area contributed by atoms with E-state index in [1.807, 2.05) is 45.0 Å². The zero-order valence-corrected chi connectivity index (χ0v) is 14.8. The zero-order chi connectivity index (χ0) is 15.9. The Hall–Kier alpha value is -1.30. The Morgan fingerprint density at radius 2 is 2.05 bits per heavy atom. The monoisotopic (exact) mass is 350 g/mol. The van der Waals surface area contributed by atoms with Crippen molar-refractivity contribution < 1.29 is 0 Å². The van der Waals surface area contributed by atoms with Crippen molar-refractivity contribution in [3.05, 3.63) is 55.9 Å². The van der Waals surface area contributed by atoms with E-state index in [1.165, 1.54) is 0 Å². The summed E-state index contributed by atoms with van der Waals surface area (Å²) in [5, 5.41) is 1.44. The lowest BCUT2D eigenvalue weighted by Gasteiger charge is -2.11. The topological polar surface area (TPSA) is 45.8 Å². The van der Waals surface area contributed by atoms with E-state index in [4.69, 9.17) is 11.6 Å². The van der Waals surface area contributed by atoms with E-state index < -0.39 is 0 Å². The average Bonchev–Trinajstić information content (AvgIpc) is 2.76. The van der Waals surface area contributed by atoms with Gasteiger partial charge in [0.05, 0.1) is 15.7 Å². The lowest BCUT2D eigenvalue weighted by molar-refractivity contribution is 0.925. The fourth-order valence-corrected chi connectivity index (χ4v) is 4.50. The van der Waals surface area contributed by atoms with Gasteiger partial charge in [0.2, 0.25) is 0 Å². The van der Waals surface area contributed by atoms with E-state index >= 15 is 0 Å². The second kappa shape index (κ2) is 6.07. The predicted molar refractivity (Wildman–Crippen MR) is 95.4 cm³/mol. The number of aromatic amines is 1. The van der Waals surface area contributed by atoms with Crippen LogP contribution in [-0.4, -0.2) is 9.97 Å². The van der Waals surface area contributed by atoms with Crippen LogP contribution in [0.5, 0.6) is 0 Å². The summed E-state index contributed by atoms with van der Waals surface area (Å²) in [4.78, 5) is 22.8. The van der Waals surface area contributed by atoms with Crippen LogP contribution in [0.4, 0.5) is 0 Å². The molecule has 3 nitrogen and oxygen atoms in total. The standard InChI is InChI=1S/C16H15ClN2OS2/c1-8-9(2)22-16-13(8)15(20)18-14(19-16)10(3)21-12-7-5-4-6-11(12)17/h4-7,10H,1-3H3,(H,18,19,20)/t10-/m1/s1. The van der Waals surface area contributed by atoms with Crippen LogP contribution in [0.1, 0.15) is 28.4 Å². The molecule has 0 spiro atoms. The molecule has 3 rings (SSSR count). The van der Waals surface area contributed by atoms with Gasteiger partial charge in [-0.15, -0.1) is 23.1 Å². The number of fused-ring (bicyclic) bond motifs is 1. The Labute approximate surface area is 141 Å². The Balaban J connectivity index is 2.00. The van der Waals surface area contributed by atoms with Crippen LogP contribution in [0.3, 0.4) is 0 Å². The van der Waals surface area contributed by atoms with E-state index in [2.05, 4.69) is 9.97 Å². The minimum Gasteiger partial charge on any atom is -0.309 e. The second-order valence-corrected chi connectivity index (χ2v) is 8.10. The summed E-state index contributed by atoms with van der Waals surface area (Å²) >= 11 is 9.35. The highest BCUT2D eigenvalue weighted by atomic mass is 35.5. The zero-order valence-electron chi connectivity index (χ0n) is 12.4. The van der Waals surface area contributed by atoms with E-state index in [0.29, 0.717) is 16.2 Å². The molecule has 2 heterocycles. The van der Waals surface area contributed by atoms with E-state index in [1.54, 1.807) is 23.1 Å². The van der Waals surface area contributed by atoms with Gasteiger partial charge in [0.1, 0.15) is 10.7 Å². The summed E-state index contributed by atoms with van der Waals surface area (Å²) in [6, 6.07) is 7.69. The Kier molecular flexibility index (Phi) is 4.30.